The van der Waals surface area contributed by atoms with Crippen molar-refractivity contribution in [3.63, 3.8) is 0 Å². The number of nitrogens with zero attached hydrogens (tertiary/aromatic N) is 4. The number of rotatable bonds is 3. The second-order valence-electron chi connectivity index (χ2n) is 4.87. The van der Waals surface area contributed by atoms with Gasteiger partial charge in [0.15, 0.2) is 0 Å². The number of aryl methyl sites for hydroxylation is 2. The normalized spacial score (nSPS) is 11.0. The summed E-state index contributed by atoms with van der Waals surface area (Å²) >= 11 is 6.01. The third-order valence-electron chi connectivity index (χ3n) is 3.57. The number of fused-ring (bicyclic) bond motifs is 1. The molecule has 0 N–H and O–H groups in total. The number of hydrogen-bond acceptors (Lipinski definition) is 4. The van der Waals surface area contributed by atoms with Crippen LogP contribution in [0.15, 0.2) is 22.7 Å². The molecule has 0 aliphatic rings. The lowest BCUT2D eigenvalue weighted by Gasteiger charge is -2.07. The summed E-state index contributed by atoms with van der Waals surface area (Å²) in [5, 5.41) is 13.0. The zero-order valence-electron chi connectivity index (χ0n) is 11.7. The van der Waals surface area contributed by atoms with E-state index in [1.165, 1.54) is 0 Å². The van der Waals surface area contributed by atoms with E-state index < -0.39 is 0 Å². The highest BCUT2D eigenvalue weighted by molar-refractivity contribution is 6.16. The van der Waals surface area contributed by atoms with Crippen molar-refractivity contribution in [3.05, 3.63) is 46.6 Å². The van der Waals surface area contributed by atoms with Crippen LogP contribution in [-0.4, -0.2) is 14.7 Å². The summed E-state index contributed by atoms with van der Waals surface area (Å²) in [5.74, 6) is 1.85. The Morgan fingerprint density at radius 3 is 2.81 bits per heavy atom. The Balaban J connectivity index is 2.18. The van der Waals surface area contributed by atoms with E-state index in [2.05, 4.69) is 16.2 Å². The monoisotopic (exact) mass is 300 g/mol. The summed E-state index contributed by atoms with van der Waals surface area (Å²) in [6, 6.07) is 7.58. The number of halogens is 1. The minimum atomic E-state index is 0.305. The van der Waals surface area contributed by atoms with Crippen LogP contribution in [0.3, 0.4) is 0 Å². The molecule has 5 nitrogen and oxygen atoms in total. The summed E-state index contributed by atoms with van der Waals surface area (Å²) in [4.78, 5) is 4.52. The summed E-state index contributed by atoms with van der Waals surface area (Å²) in [5.41, 5.74) is 4.19. The van der Waals surface area contributed by atoms with Gasteiger partial charge in [-0.1, -0.05) is 5.16 Å². The predicted molar refractivity (Wildman–Crippen MR) is 79.1 cm³/mol. The second kappa shape index (κ2) is 5.23. The summed E-state index contributed by atoms with van der Waals surface area (Å²) in [6.45, 7) is 4.37. The zero-order chi connectivity index (χ0) is 15.0. The van der Waals surface area contributed by atoms with Crippen molar-refractivity contribution in [1.82, 2.24) is 14.7 Å². The van der Waals surface area contributed by atoms with Crippen LogP contribution in [0, 0.1) is 25.2 Å². The first-order valence-corrected chi connectivity index (χ1v) is 7.04. The van der Waals surface area contributed by atoms with E-state index in [4.69, 9.17) is 21.4 Å². The van der Waals surface area contributed by atoms with E-state index in [1.807, 2.05) is 30.5 Å². The minimum absolute atomic E-state index is 0.305. The molecular formula is C15H13ClN4O. The van der Waals surface area contributed by atoms with Gasteiger partial charge in [0.25, 0.3) is 0 Å². The van der Waals surface area contributed by atoms with Crippen molar-refractivity contribution >= 4 is 22.6 Å². The van der Waals surface area contributed by atoms with Crippen molar-refractivity contribution in [3.8, 4) is 6.07 Å². The number of benzene rings is 1. The van der Waals surface area contributed by atoms with Crippen molar-refractivity contribution < 1.29 is 4.52 Å². The maximum atomic E-state index is 9.07. The molecule has 2 heterocycles. The molecule has 0 saturated heterocycles. The van der Waals surface area contributed by atoms with Crippen LogP contribution >= 0.6 is 11.6 Å². The van der Waals surface area contributed by atoms with Gasteiger partial charge in [-0.25, -0.2) is 4.98 Å². The topological polar surface area (TPSA) is 67.6 Å². The SMILES string of the molecule is Cc1noc(C)c1Cn1c(CCl)nc2ccc(C#N)cc21. The molecule has 0 bridgehead atoms. The molecule has 6 heteroatoms. The molecule has 0 atom stereocenters. The fourth-order valence-corrected chi connectivity index (χ4v) is 2.61. The molecule has 3 rings (SSSR count). The molecule has 0 saturated carbocycles. The molecule has 1 aromatic carbocycles. The minimum Gasteiger partial charge on any atom is -0.361 e. The zero-order valence-corrected chi connectivity index (χ0v) is 12.5. The average molecular weight is 301 g/mol. The van der Waals surface area contributed by atoms with E-state index in [0.29, 0.717) is 18.0 Å². The van der Waals surface area contributed by atoms with Gasteiger partial charge in [-0.15, -0.1) is 11.6 Å². The molecule has 3 aromatic rings. The van der Waals surface area contributed by atoms with E-state index in [1.54, 1.807) is 6.07 Å². The van der Waals surface area contributed by atoms with Crippen LogP contribution in [-0.2, 0) is 12.4 Å². The van der Waals surface area contributed by atoms with Crippen LogP contribution in [0.25, 0.3) is 11.0 Å². The largest absolute Gasteiger partial charge is 0.361 e. The van der Waals surface area contributed by atoms with Gasteiger partial charge in [0.2, 0.25) is 0 Å². The lowest BCUT2D eigenvalue weighted by molar-refractivity contribution is 0.392. The number of hydrogen-bond donors (Lipinski definition) is 0. The molecular weight excluding hydrogens is 288 g/mol. The average Bonchev–Trinajstić information content (AvgIpc) is 3.01. The predicted octanol–water partition coefficient (Wildman–Crippen LogP) is 3.30. The number of alkyl halides is 1. The van der Waals surface area contributed by atoms with Crippen molar-refractivity contribution in [2.75, 3.05) is 0 Å². The van der Waals surface area contributed by atoms with Gasteiger partial charge in [-0.3, -0.25) is 0 Å². The van der Waals surface area contributed by atoms with Crippen LogP contribution in [0.1, 0.15) is 28.4 Å². The van der Waals surface area contributed by atoms with Crippen molar-refractivity contribution in [2.45, 2.75) is 26.3 Å². The Morgan fingerprint density at radius 2 is 2.19 bits per heavy atom. The van der Waals surface area contributed by atoms with E-state index in [-0.39, 0.29) is 0 Å². The van der Waals surface area contributed by atoms with E-state index >= 15 is 0 Å². The first kappa shape index (κ1) is 13.7. The van der Waals surface area contributed by atoms with Crippen molar-refractivity contribution in [1.29, 1.82) is 5.26 Å². The smallest absolute Gasteiger partial charge is 0.138 e. The van der Waals surface area contributed by atoms with Gasteiger partial charge in [-0.2, -0.15) is 5.26 Å². The lowest BCUT2D eigenvalue weighted by Crippen LogP contribution is -2.05. The number of aromatic nitrogens is 3. The molecule has 0 amide bonds. The van der Waals surface area contributed by atoms with E-state index in [9.17, 15) is 0 Å². The summed E-state index contributed by atoms with van der Waals surface area (Å²) < 4.78 is 7.22. The molecule has 106 valence electrons. The Bertz CT molecular complexity index is 837. The van der Waals surface area contributed by atoms with Gasteiger partial charge < -0.3 is 9.09 Å². The van der Waals surface area contributed by atoms with Crippen LogP contribution < -0.4 is 0 Å². The molecule has 0 aliphatic heterocycles. The quantitative estimate of drug-likeness (QED) is 0.696. The maximum Gasteiger partial charge on any atom is 0.138 e. The molecule has 0 fully saturated rings. The van der Waals surface area contributed by atoms with Gasteiger partial charge in [0.05, 0.1) is 40.8 Å². The summed E-state index contributed by atoms with van der Waals surface area (Å²) in [6.07, 6.45) is 0. The Morgan fingerprint density at radius 1 is 1.38 bits per heavy atom. The highest BCUT2D eigenvalue weighted by Crippen LogP contribution is 2.23. The van der Waals surface area contributed by atoms with Crippen LogP contribution in [0.5, 0.6) is 0 Å². The lowest BCUT2D eigenvalue weighted by atomic mass is 10.2. The molecule has 21 heavy (non-hydrogen) atoms. The fraction of sp³-hybridized carbons (Fsp3) is 0.267. The molecule has 2 aromatic heterocycles. The number of imidazole rings is 1. The molecule has 0 spiro atoms. The maximum absolute atomic E-state index is 9.07. The van der Waals surface area contributed by atoms with Gasteiger partial charge in [0, 0.05) is 5.56 Å². The Kier molecular flexibility index (Phi) is 3.40. The number of nitriles is 1. The first-order chi connectivity index (χ1) is 10.1. The van der Waals surface area contributed by atoms with Gasteiger partial charge in [0.1, 0.15) is 11.6 Å². The standard InChI is InChI=1S/C15H13ClN4O/c1-9-12(10(2)21-19-9)8-20-14-5-11(7-17)3-4-13(14)18-15(20)6-16/h3-5H,6,8H2,1-2H3. The van der Waals surface area contributed by atoms with E-state index in [0.717, 1.165) is 33.9 Å². The van der Waals surface area contributed by atoms with Gasteiger partial charge >= 0.3 is 0 Å². The van der Waals surface area contributed by atoms with Crippen molar-refractivity contribution in [2.24, 2.45) is 0 Å². The molecule has 0 unspecified atom stereocenters. The van der Waals surface area contributed by atoms with Crippen LogP contribution in [0.4, 0.5) is 0 Å². The summed E-state index contributed by atoms with van der Waals surface area (Å²) in [7, 11) is 0. The Hall–Kier alpha value is -2.32. The molecule has 0 aliphatic carbocycles. The highest BCUT2D eigenvalue weighted by atomic mass is 35.5. The Labute approximate surface area is 126 Å². The van der Waals surface area contributed by atoms with Crippen LogP contribution in [0.2, 0.25) is 0 Å². The third kappa shape index (κ3) is 2.28. The van der Waals surface area contributed by atoms with Gasteiger partial charge in [-0.05, 0) is 32.0 Å². The fourth-order valence-electron chi connectivity index (χ4n) is 2.41. The molecule has 0 radical (unpaired) electrons. The highest BCUT2D eigenvalue weighted by Gasteiger charge is 2.15. The second-order valence-corrected chi connectivity index (χ2v) is 5.13. The third-order valence-corrected chi connectivity index (χ3v) is 3.81. The first-order valence-electron chi connectivity index (χ1n) is 6.51.